The Morgan fingerprint density at radius 1 is 1.04 bits per heavy atom. The first-order valence-electron chi connectivity index (χ1n) is 8.31. The Bertz CT molecular complexity index is 1020. The molecular weight excluding hydrogens is 393 g/mol. The van der Waals surface area contributed by atoms with Crippen LogP contribution in [0.3, 0.4) is 0 Å². The molecule has 2 aromatic carbocycles. The average molecular weight is 411 g/mol. The van der Waals surface area contributed by atoms with Gasteiger partial charge < -0.3 is 10.5 Å². The van der Waals surface area contributed by atoms with Crippen molar-refractivity contribution >= 4 is 15.7 Å². The molecule has 0 saturated heterocycles. The van der Waals surface area contributed by atoms with Crippen molar-refractivity contribution in [3.05, 3.63) is 78.5 Å². The molecule has 0 radical (unpaired) electrons. The Kier molecular flexibility index (Phi) is 5.33. The van der Waals surface area contributed by atoms with Crippen LogP contribution in [0.1, 0.15) is 0 Å². The summed E-state index contributed by atoms with van der Waals surface area (Å²) in [5, 5.41) is 0. The zero-order chi connectivity index (χ0) is 20.4. The number of para-hydroxylation sites is 1. The molecule has 2 aromatic rings. The van der Waals surface area contributed by atoms with Crippen LogP contribution >= 0.6 is 0 Å². The number of rotatable bonds is 5. The maximum absolute atomic E-state index is 13.5. The van der Waals surface area contributed by atoms with Gasteiger partial charge in [0.15, 0.2) is 5.69 Å². The largest absolute Gasteiger partial charge is 0.550 e. The average Bonchev–Trinajstić information content (AvgIpc) is 2.68. The van der Waals surface area contributed by atoms with Crippen LogP contribution in [0.4, 0.5) is 18.9 Å². The van der Waals surface area contributed by atoms with E-state index in [0.717, 1.165) is 6.20 Å². The molecule has 1 heterocycles. The van der Waals surface area contributed by atoms with Gasteiger partial charge >= 0.3 is 15.5 Å². The predicted molar refractivity (Wildman–Crippen MR) is 101 cm³/mol. The van der Waals surface area contributed by atoms with Gasteiger partial charge in [-0.25, -0.2) is 0 Å². The van der Waals surface area contributed by atoms with E-state index in [1.165, 1.54) is 30.4 Å². The summed E-state index contributed by atoms with van der Waals surface area (Å²) in [5.74, 6) is 0.692. The molecule has 1 unspecified atom stereocenters. The molecule has 0 amide bonds. The smallest absolute Gasteiger partial charge is 0.457 e. The number of benzene rings is 2. The van der Waals surface area contributed by atoms with E-state index in [2.05, 4.69) is 0 Å². The third-order valence-corrected chi connectivity index (χ3v) is 6.18. The van der Waals surface area contributed by atoms with Gasteiger partial charge in [0.1, 0.15) is 24.2 Å². The van der Waals surface area contributed by atoms with Crippen LogP contribution in [0, 0.1) is 0 Å². The summed E-state index contributed by atoms with van der Waals surface area (Å²) >= 11 is 0. The van der Waals surface area contributed by atoms with Crippen molar-refractivity contribution in [3.8, 4) is 11.5 Å². The van der Waals surface area contributed by atoms with Crippen LogP contribution in [0.15, 0.2) is 78.5 Å². The molecule has 2 N–H and O–H groups in total. The molecule has 3 rings (SSSR count). The first-order valence-corrected chi connectivity index (χ1v) is 9.75. The molecular formula is C19H18F3N2O3S+. The Morgan fingerprint density at radius 3 is 2.36 bits per heavy atom. The molecule has 0 fully saturated rings. The zero-order valence-electron chi connectivity index (χ0n) is 14.6. The molecule has 0 spiro atoms. The minimum Gasteiger partial charge on any atom is -0.457 e. The topological polar surface area (TPSA) is 69.4 Å². The summed E-state index contributed by atoms with van der Waals surface area (Å²) in [6, 6.07) is 14.2. The highest BCUT2D eigenvalue weighted by molar-refractivity contribution is 7.91. The summed E-state index contributed by atoms with van der Waals surface area (Å²) in [6.45, 7) is -0.510. The Hall–Kier alpha value is -2.62. The Morgan fingerprint density at radius 2 is 1.71 bits per heavy atom. The van der Waals surface area contributed by atoms with Gasteiger partial charge in [-0.1, -0.05) is 30.3 Å². The lowest BCUT2D eigenvalue weighted by Gasteiger charge is -2.34. The Balaban J connectivity index is 2.14. The molecule has 148 valence electrons. The molecule has 5 nitrogen and oxygen atoms in total. The third-order valence-electron chi connectivity index (χ3n) is 4.27. The molecule has 1 atom stereocenters. The van der Waals surface area contributed by atoms with E-state index in [9.17, 15) is 21.6 Å². The van der Waals surface area contributed by atoms with Gasteiger partial charge in [0.25, 0.3) is 0 Å². The first kappa shape index (κ1) is 20.1. The molecule has 1 aliphatic heterocycles. The van der Waals surface area contributed by atoms with E-state index in [1.54, 1.807) is 36.4 Å². The van der Waals surface area contributed by atoms with Gasteiger partial charge in [0.05, 0.1) is 0 Å². The maximum atomic E-state index is 13.5. The zero-order valence-corrected chi connectivity index (χ0v) is 15.5. The van der Waals surface area contributed by atoms with Crippen molar-refractivity contribution in [2.45, 2.75) is 5.51 Å². The number of alkyl halides is 3. The summed E-state index contributed by atoms with van der Waals surface area (Å²) in [4.78, 5) is 0. The van der Waals surface area contributed by atoms with Crippen molar-refractivity contribution < 1.29 is 26.3 Å². The van der Waals surface area contributed by atoms with Gasteiger partial charge in [0, 0.05) is 24.3 Å². The van der Waals surface area contributed by atoms with Crippen LogP contribution in [0.25, 0.3) is 0 Å². The number of nitrogens with two attached hydrogens (primary N) is 1. The highest BCUT2D eigenvalue weighted by Gasteiger charge is 2.61. The van der Waals surface area contributed by atoms with Crippen LogP contribution < -0.4 is 14.4 Å². The molecule has 1 aliphatic rings. The lowest BCUT2D eigenvalue weighted by atomic mass is 10.2. The predicted octanol–water partition coefficient (Wildman–Crippen LogP) is 4.05. The van der Waals surface area contributed by atoms with Gasteiger partial charge in [-0.05, 0) is 24.3 Å². The normalized spacial score (nSPS) is 19.9. The lowest BCUT2D eigenvalue weighted by Crippen LogP contribution is -2.56. The monoisotopic (exact) mass is 411 g/mol. The quantitative estimate of drug-likeness (QED) is 0.754. The number of hydrogen-bond donors (Lipinski definition) is 1. The molecule has 0 bridgehead atoms. The second-order valence-corrected chi connectivity index (χ2v) is 8.19. The van der Waals surface area contributed by atoms with E-state index >= 15 is 0 Å². The fourth-order valence-corrected chi connectivity index (χ4v) is 4.24. The van der Waals surface area contributed by atoms with Gasteiger partial charge in [-0.3, -0.25) is 0 Å². The number of ether oxygens (including phenoxy) is 1. The molecule has 9 heteroatoms. The van der Waals surface area contributed by atoms with Crippen LogP contribution in [0.5, 0.6) is 11.5 Å². The number of quaternary nitrogens is 1. The van der Waals surface area contributed by atoms with Crippen molar-refractivity contribution in [1.29, 1.82) is 0 Å². The fourth-order valence-electron chi connectivity index (χ4n) is 2.92. The summed E-state index contributed by atoms with van der Waals surface area (Å²) in [7, 11) is -5.65. The highest BCUT2D eigenvalue weighted by Crippen LogP contribution is 2.41. The standard InChI is InChI=1S/C19H18F3N2O3S/c20-19(21,22)28(25,26)24(11-5-6-15(13-23)14-24)16-7-4-10-18(12-16)27-17-8-2-1-3-9-17/h1-10,12,14H,11,13,23H2/q+1. The van der Waals surface area contributed by atoms with Crippen molar-refractivity contribution in [1.82, 2.24) is 3.89 Å². The van der Waals surface area contributed by atoms with E-state index in [0.29, 0.717) is 5.75 Å². The third kappa shape index (κ3) is 3.56. The molecule has 0 aliphatic carbocycles. The number of halogens is 3. The van der Waals surface area contributed by atoms with Gasteiger partial charge in [-0.2, -0.15) is 21.6 Å². The number of hydrogen-bond acceptors (Lipinski definition) is 4. The van der Waals surface area contributed by atoms with Crippen molar-refractivity contribution in [2.24, 2.45) is 5.73 Å². The van der Waals surface area contributed by atoms with E-state index in [1.807, 2.05) is 0 Å². The first-order chi connectivity index (χ1) is 13.2. The van der Waals surface area contributed by atoms with Crippen LogP contribution in [0.2, 0.25) is 0 Å². The highest BCUT2D eigenvalue weighted by atomic mass is 32.2. The minimum absolute atomic E-state index is 0.0932. The van der Waals surface area contributed by atoms with Crippen molar-refractivity contribution in [3.63, 3.8) is 0 Å². The van der Waals surface area contributed by atoms with Crippen LogP contribution in [-0.2, 0) is 10.0 Å². The lowest BCUT2D eigenvalue weighted by molar-refractivity contribution is -0.0473. The van der Waals surface area contributed by atoms with Crippen LogP contribution in [-0.4, -0.2) is 27.0 Å². The second kappa shape index (κ2) is 7.42. The summed E-state index contributed by atoms with van der Waals surface area (Å²) < 4.78 is 69.8. The van der Waals surface area contributed by atoms with E-state index in [-0.39, 0.29) is 23.6 Å². The second-order valence-electron chi connectivity index (χ2n) is 6.12. The molecule has 28 heavy (non-hydrogen) atoms. The maximum Gasteiger partial charge on any atom is 0.550 e. The minimum atomic E-state index is -5.65. The Labute approximate surface area is 160 Å². The molecule has 0 aromatic heterocycles. The fraction of sp³-hybridized carbons (Fsp3) is 0.158. The van der Waals surface area contributed by atoms with Gasteiger partial charge in [-0.15, -0.1) is 3.89 Å². The number of sulfonamides is 1. The summed E-state index contributed by atoms with van der Waals surface area (Å²) in [5.41, 5.74) is 0.292. The van der Waals surface area contributed by atoms with E-state index in [4.69, 9.17) is 10.5 Å². The van der Waals surface area contributed by atoms with E-state index < -0.39 is 26.0 Å². The molecule has 0 saturated carbocycles. The van der Waals surface area contributed by atoms with Gasteiger partial charge in [0.2, 0.25) is 0 Å². The number of nitrogens with zero attached hydrogens (tertiary/aromatic N) is 1. The SMILES string of the molecule is NCC1=C[N+](c2cccc(Oc3ccccc3)c2)(S(=O)(=O)C(F)(F)F)CC=C1. The summed E-state index contributed by atoms with van der Waals surface area (Å²) in [6.07, 6.45) is 3.92. The van der Waals surface area contributed by atoms with Crippen molar-refractivity contribution in [2.75, 3.05) is 13.1 Å².